The summed E-state index contributed by atoms with van der Waals surface area (Å²) in [6.07, 6.45) is 4.96. The first-order valence-electron chi connectivity index (χ1n) is 7.96. The van der Waals surface area contributed by atoms with Crippen LogP contribution in [0, 0.1) is 0 Å². The molecule has 3 rings (SSSR count). The third-order valence-electron chi connectivity index (χ3n) is 4.34. The van der Waals surface area contributed by atoms with Gasteiger partial charge in [0, 0.05) is 24.5 Å². The molecule has 0 fully saturated rings. The van der Waals surface area contributed by atoms with E-state index in [0.29, 0.717) is 0 Å². The van der Waals surface area contributed by atoms with Crippen LogP contribution in [-0.2, 0) is 25.8 Å². The Kier molecular flexibility index (Phi) is 4.63. The monoisotopic (exact) mass is 295 g/mol. The van der Waals surface area contributed by atoms with Crippen LogP contribution in [0.1, 0.15) is 16.7 Å². The molecule has 1 aromatic carbocycles. The van der Waals surface area contributed by atoms with E-state index in [1.807, 2.05) is 20.2 Å². The normalized spacial score (nSPS) is 14.2. The van der Waals surface area contributed by atoms with Gasteiger partial charge in [0.15, 0.2) is 0 Å². The molecule has 0 saturated heterocycles. The number of hydrogen-bond acceptors (Lipinski definition) is 3. The molecule has 0 saturated carbocycles. The van der Waals surface area contributed by atoms with Crippen LogP contribution >= 0.6 is 0 Å². The maximum absolute atomic E-state index is 12.0. The Balaban J connectivity index is 1.71. The SMILES string of the molecule is BNc1ccn(CCc2ccc3c(c2)CCNCC3)c(=O)c1. The molecular formula is C17H22BN3O. The average molecular weight is 295 g/mol. The molecule has 0 unspecified atom stereocenters. The minimum absolute atomic E-state index is 0.0470. The van der Waals surface area contributed by atoms with Gasteiger partial charge in [0.05, 0.1) is 0 Å². The van der Waals surface area contributed by atoms with Gasteiger partial charge in [0.2, 0.25) is 7.98 Å². The van der Waals surface area contributed by atoms with Gasteiger partial charge < -0.3 is 15.1 Å². The molecule has 5 heteroatoms. The first-order valence-corrected chi connectivity index (χ1v) is 7.96. The van der Waals surface area contributed by atoms with Crippen LogP contribution in [0.2, 0.25) is 0 Å². The van der Waals surface area contributed by atoms with Gasteiger partial charge in [-0.05, 0) is 55.1 Å². The molecular weight excluding hydrogens is 273 g/mol. The van der Waals surface area contributed by atoms with E-state index >= 15 is 0 Å². The van der Waals surface area contributed by atoms with Crippen LogP contribution in [0.5, 0.6) is 0 Å². The lowest BCUT2D eigenvalue weighted by atomic mass is 9.99. The van der Waals surface area contributed by atoms with Gasteiger partial charge in [-0.25, -0.2) is 0 Å². The van der Waals surface area contributed by atoms with Crippen LogP contribution in [0.4, 0.5) is 5.69 Å². The van der Waals surface area contributed by atoms with E-state index in [9.17, 15) is 4.79 Å². The van der Waals surface area contributed by atoms with Gasteiger partial charge >= 0.3 is 0 Å². The van der Waals surface area contributed by atoms with Crippen LogP contribution in [-0.4, -0.2) is 25.6 Å². The van der Waals surface area contributed by atoms with Crippen LogP contribution in [0.3, 0.4) is 0 Å². The van der Waals surface area contributed by atoms with Crippen LogP contribution in [0.25, 0.3) is 0 Å². The van der Waals surface area contributed by atoms with Gasteiger partial charge in [-0.2, -0.15) is 0 Å². The zero-order valence-electron chi connectivity index (χ0n) is 13.1. The number of aryl methyl sites for hydroxylation is 2. The van der Waals surface area contributed by atoms with Crippen molar-refractivity contribution >= 4 is 13.7 Å². The number of nitrogens with one attached hydrogen (secondary N) is 2. The Morgan fingerprint density at radius 3 is 2.73 bits per heavy atom. The van der Waals surface area contributed by atoms with E-state index < -0.39 is 0 Å². The fraction of sp³-hybridized carbons (Fsp3) is 0.353. The molecule has 2 aromatic rings. The molecule has 1 aliphatic rings. The standard InChI is InChI=1S/C17H22BN3O/c18-20-16-6-10-21(17(22)12-16)9-5-13-1-2-14-3-7-19-8-4-15(14)11-13/h1-2,6,10-12,19-20H,3-5,7-9,18H2. The van der Waals surface area contributed by atoms with Gasteiger partial charge in [-0.15, -0.1) is 0 Å². The van der Waals surface area contributed by atoms with Crippen LogP contribution < -0.4 is 16.1 Å². The molecule has 0 radical (unpaired) electrons. The lowest BCUT2D eigenvalue weighted by Crippen LogP contribution is -2.20. The zero-order chi connectivity index (χ0) is 15.4. The number of anilines is 1. The van der Waals surface area contributed by atoms with Crippen molar-refractivity contribution in [1.29, 1.82) is 0 Å². The molecule has 0 aliphatic carbocycles. The molecule has 2 N–H and O–H groups in total. The van der Waals surface area contributed by atoms with Crippen molar-refractivity contribution in [2.45, 2.75) is 25.8 Å². The maximum atomic E-state index is 12.0. The highest BCUT2D eigenvalue weighted by Crippen LogP contribution is 2.16. The average Bonchev–Trinajstić information content (AvgIpc) is 2.78. The maximum Gasteiger partial charge on any atom is 0.252 e. The molecule has 0 atom stereocenters. The summed E-state index contributed by atoms with van der Waals surface area (Å²) >= 11 is 0. The number of rotatable bonds is 4. The number of aromatic nitrogens is 1. The molecule has 1 aliphatic heterocycles. The van der Waals surface area contributed by atoms with Gasteiger partial charge in [-0.1, -0.05) is 18.2 Å². The van der Waals surface area contributed by atoms with Gasteiger partial charge in [0.1, 0.15) is 0 Å². The molecule has 0 spiro atoms. The smallest absolute Gasteiger partial charge is 0.252 e. The van der Waals surface area contributed by atoms with Crippen LogP contribution in [0.15, 0.2) is 41.3 Å². The number of nitrogens with zero attached hydrogens (tertiary/aromatic N) is 1. The number of benzene rings is 1. The topological polar surface area (TPSA) is 46.1 Å². The summed E-state index contributed by atoms with van der Waals surface area (Å²) in [5.74, 6) is 0. The van der Waals surface area contributed by atoms with Crippen molar-refractivity contribution in [3.8, 4) is 0 Å². The molecule has 0 bridgehead atoms. The van der Waals surface area contributed by atoms with E-state index in [0.717, 1.165) is 44.6 Å². The lowest BCUT2D eigenvalue weighted by molar-refractivity contribution is 0.669. The van der Waals surface area contributed by atoms with Crippen molar-refractivity contribution in [3.05, 3.63) is 63.6 Å². The highest BCUT2D eigenvalue weighted by atomic mass is 16.1. The summed E-state index contributed by atoms with van der Waals surface area (Å²) in [4.78, 5) is 12.0. The Bertz CT molecular complexity index is 711. The minimum Gasteiger partial charge on any atom is -0.434 e. The highest BCUT2D eigenvalue weighted by Gasteiger charge is 2.08. The molecule has 0 amide bonds. The Morgan fingerprint density at radius 2 is 1.95 bits per heavy atom. The summed E-state index contributed by atoms with van der Waals surface area (Å²) < 4.78 is 1.77. The minimum atomic E-state index is 0.0470. The molecule has 114 valence electrons. The first-order chi connectivity index (χ1) is 10.8. The Hall–Kier alpha value is -2.01. The van der Waals surface area contributed by atoms with Crippen molar-refractivity contribution in [1.82, 2.24) is 9.88 Å². The zero-order valence-corrected chi connectivity index (χ0v) is 13.1. The summed E-state index contributed by atoms with van der Waals surface area (Å²) in [6, 6.07) is 10.4. The molecule has 1 aromatic heterocycles. The van der Waals surface area contributed by atoms with E-state index in [1.165, 1.54) is 16.7 Å². The van der Waals surface area contributed by atoms with E-state index in [1.54, 1.807) is 10.6 Å². The summed E-state index contributed by atoms with van der Waals surface area (Å²) in [5.41, 5.74) is 5.14. The third-order valence-corrected chi connectivity index (χ3v) is 4.34. The second-order valence-corrected chi connectivity index (χ2v) is 5.80. The quantitative estimate of drug-likeness (QED) is 0.818. The first kappa shape index (κ1) is 14.9. The van der Waals surface area contributed by atoms with E-state index in [4.69, 9.17) is 0 Å². The van der Waals surface area contributed by atoms with Gasteiger partial charge in [-0.3, -0.25) is 4.79 Å². The van der Waals surface area contributed by atoms with Crippen molar-refractivity contribution in [3.63, 3.8) is 0 Å². The molecule has 4 nitrogen and oxygen atoms in total. The second-order valence-electron chi connectivity index (χ2n) is 5.80. The molecule has 2 heterocycles. The fourth-order valence-corrected chi connectivity index (χ4v) is 2.98. The van der Waals surface area contributed by atoms with Crippen molar-refractivity contribution < 1.29 is 0 Å². The predicted octanol–water partition coefficient (Wildman–Crippen LogP) is 0.739. The summed E-state index contributed by atoms with van der Waals surface area (Å²) in [5, 5.41) is 6.43. The van der Waals surface area contributed by atoms with E-state index in [-0.39, 0.29) is 5.56 Å². The largest absolute Gasteiger partial charge is 0.434 e. The lowest BCUT2D eigenvalue weighted by Gasteiger charge is -2.10. The van der Waals surface area contributed by atoms with Crippen molar-refractivity contribution in [2.24, 2.45) is 0 Å². The second kappa shape index (κ2) is 6.84. The summed E-state index contributed by atoms with van der Waals surface area (Å²) in [7, 11) is 1.82. The number of fused-ring (bicyclic) bond motifs is 1. The highest BCUT2D eigenvalue weighted by molar-refractivity contribution is 6.15. The Labute approximate surface area is 132 Å². The Morgan fingerprint density at radius 1 is 1.14 bits per heavy atom. The third kappa shape index (κ3) is 3.42. The van der Waals surface area contributed by atoms with Crippen molar-refractivity contribution in [2.75, 3.05) is 18.3 Å². The number of hydrogen-bond donors (Lipinski definition) is 2. The number of pyridine rings is 1. The molecule has 22 heavy (non-hydrogen) atoms. The fourth-order valence-electron chi connectivity index (χ4n) is 2.98. The van der Waals surface area contributed by atoms with Gasteiger partial charge in [0.25, 0.3) is 5.56 Å². The predicted molar refractivity (Wildman–Crippen MR) is 93.3 cm³/mol. The summed E-state index contributed by atoms with van der Waals surface area (Å²) in [6.45, 7) is 2.85. The van der Waals surface area contributed by atoms with E-state index in [2.05, 4.69) is 28.7 Å².